The van der Waals surface area contributed by atoms with E-state index < -0.39 is 8.96 Å². The van der Waals surface area contributed by atoms with Crippen molar-refractivity contribution in [2.24, 2.45) is 0 Å². The number of amides is 2. The molecule has 2 aliphatic rings. The molecule has 0 saturated carbocycles. The van der Waals surface area contributed by atoms with Gasteiger partial charge in [-0.05, 0) is 18.7 Å². The van der Waals surface area contributed by atoms with E-state index in [2.05, 4.69) is 9.97 Å². The summed E-state index contributed by atoms with van der Waals surface area (Å²) in [6.45, 7) is 2.63. The fourth-order valence-electron chi connectivity index (χ4n) is 2.76. The first-order valence-electron chi connectivity index (χ1n) is 6.69. The predicted octanol–water partition coefficient (Wildman–Crippen LogP) is 2.05. The van der Waals surface area contributed by atoms with E-state index in [9.17, 15) is 9.90 Å². The van der Waals surface area contributed by atoms with Gasteiger partial charge in [0.25, 0.3) is 0 Å². The molecular weight excluding hydrogens is 306 g/mol. The van der Waals surface area contributed by atoms with Gasteiger partial charge in [0.05, 0.1) is 28.4 Å². The van der Waals surface area contributed by atoms with Gasteiger partial charge in [0.2, 0.25) is 0 Å². The number of thiazole rings is 1. The lowest BCUT2D eigenvalue weighted by atomic mass is 10.1. The topological polar surface area (TPSA) is 74.7 Å². The van der Waals surface area contributed by atoms with Gasteiger partial charge in [-0.3, -0.25) is 0 Å². The van der Waals surface area contributed by atoms with Crippen molar-refractivity contribution in [3.8, 4) is 5.75 Å². The van der Waals surface area contributed by atoms with Crippen molar-refractivity contribution >= 4 is 41.7 Å². The largest absolute Gasteiger partial charge is 0.514 e. The number of carbonyl (C=O) groups excluding carboxylic acids is 1. The van der Waals surface area contributed by atoms with E-state index in [0.29, 0.717) is 17.1 Å². The van der Waals surface area contributed by atoms with Crippen molar-refractivity contribution < 1.29 is 14.6 Å². The summed E-state index contributed by atoms with van der Waals surface area (Å²) in [5, 5.41) is 10.7. The smallest absolute Gasteiger partial charge is 0.320 e. The van der Waals surface area contributed by atoms with Gasteiger partial charge in [0.1, 0.15) is 5.75 Å². The Bertz CT molecular complexity index is 788. The van der Waals surface area contributed by atoms with Crippen LogP contribution in [0.3, 0.4) is 0 Å². The molecule has 0 aliphatic carbocycles. The van der Waals surface area contributed by atoms with E-state index >= 15 is 0 Å². The number of aliphatic hydroxyl groups is 1. The number of fused-ring (bicyclic) bond motifs is 3. The fourth-order valence-corrected chi connectivity index (χ4v) is 5.36. The number of aliphatic hydroxyl groups excluding tert-OH is 1. The minimum absolute atomic E-state index is 0.207. The second-order valence-electron chi connectivity index (χ2n) is 5.04. The minimum Gasteiger partial charge on any atom is -0.514 e. The van der Waals surface area contributed by atoms with Crippen molar-refractivity contribution in [2.75, 3.05) is 11.5 Å². The molecule has 2 aromatic rings. The maximum absolute atomic E-state index is 12.1. The third kappa shape index (κ3) is 1.76. The van der Waals surface area contributed by atoms with Gasteiger partial charge in [0, 0.05) is 12.0 Å². The Morgan fingerprint density at radius 2 is 2.43 bits per heavy atom. The number of nitrogens with zero attached hydrogens (tertiary/aromatic N) is 2. The minimum atomic E-state index is -1.63. The molecule has 1 fully saturated rings. The Hall–Kier alpha value is -2.06. The number of urea groups is 1. The standard InChI is InChI=1S/C13H13N3O3SSi/c1-21-10(6-17)16(12(18)15-21)13-14-11-7-4-5-19-8(7)2-3-9(11)20-13/h2-3,6,17,21H,4-5H2,1H3,(H,15,18)/b10-6-. The SMILES string of the molecule is C[SiH]1NC(=O)N(c2nc3c4c(ccc3s2)OCC4)/C1=C/O. The second kappa shape index (κ2) is 4.47. The Balaban J connectivity index is 1.86. The molecule has 21 heavy (non-hydrogen) atoms. The summed E-state index contributed by atoms with van der Waals surface area (Å²) < 4.78 is 6.58. The summed E-state index contributed by atoms with van der Waals surface area (Å²) in [7, 11) is -1.63. The predicted molar refractivity (Wildman–Crippen MR) is 83.6 cm³/mol. The van der Waals surface area contributed by atoms with Crippen molar-refractivity contribution in [3.63, 3.8) is 0 Å². The van der Waals surface area contributed by atoms with E-state index in [-0.39, 0.29) is 6.03 Å². The lowest BCUT2D eigenvalue weighted by molar-refractivity contribution is 0.254. The van der Waals surface area contributed by atoms with Crippen LogP contribution in [0.5, 0.6) is 5.75 Å². The molecule has 0 spiro atoms. The van der Waals surface area contributed by atoms with Crippen LogP contribution in [0.1, 0.15) is 5.56 Å². The van der Waals surface area contributed by atoms with E-state index in [4.69, 9.17) is 4.74 Å². The lowest BCUT2D eigenvalue weighted by Gasteiger charge is -2.12. The lowest BCUT2D eigenvalue weighted by Crippen LogP contribution is -2.29. The maximum atomic E-state index is 12.1. The Labute approximate surface area is 126 Å². The van der Waals surface area contributed by atoms with Crippen LogP contribution < -0.4 is 14.6 Å². The molecule has 0 bridgehead atoms. The third-order valence-corrected chi connectivity index (χ3v) is 6.77. The molecule has 1 unspecified atom stereocenters. The normalized spacial score (nSPS) is 22.7. The van der Waals surface area contributed by atoms with Crippen LogP contribution in [0.4, 0.5) is 9.93 Å². The second-order valence-corrected chi connectivity index (χ2v) is 8.38. The number of hydrogen-bond donors (Lipinski definition) is 2. The summed E-state index contributed by atoms with van der Waals surface area (Å²) in [4.78, 5) is 21.1. The quantitative estimate of drug-likeness (QED) is 0.623. The molecule has 1 aromatic carbocycles. The number of benzene rings is 1. The number of rotatable bonds is 1. The highest BCUT2D eigenvalue weighted by Crippen LogP contribution is 2.39. The molecule has 2 N–H and O–H groups in total. The number of ether oxygens (including phenoxy) is 1. The summed E-state index contributed by atoms with van der Waals surface area (Å²) in [5.74, 6) is 0.880. The molecule has 8 heteroatoms. The highest BCUT2D eigenvalue weighted by molar-refractivity contribution is 7.22. The first-order valence-corrected chi connectivity index (χ1v) is 9.81. The zero-order chi connectivity index (χ0) is 14.6. The van der Waals surface area contributed by atoms with E-state index in [1.807, 2.05) is 18.7 Å². The van der Waals surface area contributed by atoms with Gasteiger partial charge in [-0.1, -0.05) is 11.3 Å². The van der Waals surface area contributed by atoms with Gasteiger partial charge in [-0.15, -0.1) is 0 Å². The first-order chi connectivity index (χ1) is 10.2. The third-order valence-electron chi connectivity index (χ3n) is 3.79. The molecule has 2 amide bonds. The molecule has 1 atom stereocenters. The van der Waals surface area contributed by atoms with Gasteiger partial charge >= 0.3 is 6.03 Å². The van der Waals surface area contributed by atoms with Crippen LogP contribution in [-0.2, 0) is 6.42 Å². The molecule has 4 rings (SSSR count). The van der Waals surface area contributed by atoms with E-state index in [1.54, 1.807) is 0 Å². The Kier molecular flexibility index (Phi) is 2.69. The fraction of sp³-hybridized carbons (Fsp3) is 0.231. The molecule has 1 aromatic heterocycles. The van der Waals surface area contributed by atoms with E-state index in [1.165, 1.54) is 16.2 Å². The molecule has 6 nitrogen and oxygen atoms in total. The van der Waals surface area contributed by atoms with Crippen LogP contribution in [0.15, 0.2) is 23.7 Å². The van der Waals surface area contributed by atoms with Crippen molar-refractivity contribution in [1.29, 1.82) is 0 Å². The summed E-state index contributed by atoms with van der Waals surface area (Å²) in [6.07, 6.45) is 1.87. The van der Waals surface area contributed by atoms with Crippen LogP contribution in [0.25, 0.3) is 10.2 Å². The Morgan fingerprint density at radius 1 is 1.57 bits per heavy atom. The zero-order valence-corrected chi connectivity index (χ0v) is 13.3. The maximum Gasteiger partial charge on any atom is 0.320 e. The average Bonchev–Trinajstić information content (AvgIpc) is 3.13. The Morgan fingerprint density at radius 3 is 3.24 bits per heavy atom. The molecule has 1 saturated heterocycles. The highest BCUT2D eigenvalue weighted by atomic mass is 32.1. The van der Waals surface area contributed by atoms with Gasteiger partial charge in [-0.25, -0.2) is 14.7 Å². The van der Waals surface area contributed by atoms with Crippen LogP contribution >= 0.6 is 11.3 Å². The number of carbonyl (C=O) groups is 1. The zero-order valence-electron chi connectivity index (χ0n) is 11.3. The van der Waals surface area contributed by atoms with Gasteiger partial charge < -0.3 is 14.8 Å². The van der Waals surface area contributed by atoms with Crippen LogP contribution in [0.2, 0.25) is 6.55 Å². The molecule has 108 valence electrons. The number of nitrogens with one attached hydrogen (secondary N) is 1. The van der Waals surface area contributed by atoms with Crippen LogP contribution in [-0.4, -0.2) is 31.7 Å². The summed E-state index contributed by atoms with van der Waals surface area (Å²) >= 11 is 1.45. The van der Waals surface area contributed by atoms with Gasteiger partial charge in [-0.2, -0.15) is 0 Å². The van der Waals surface area contributed by atoms with Crippen molar-refractivity contribution in [3.05, 3.63) is 29.3 Å². The summed E-state index contributed by atoms with van der Waals surface area (Å²) in [6, 6.07) is 3.72. The number of anilines is 1. The number of aromatic nitrogens is 1. The molecular formula is C13H13N3O3SSi. The summed E-state index contributed by atoms with van der Waals surface area (Å²) in [5.41, 5.74) is 2.01. The van der Waals surface area contributed by atoms with Gasteiger partial charge in [0.15, 0.2) is 14.1 Å². The molecule has 2 aliphatic heterocycles. The van der Waals surface area contributed by atoms with Crippen molar-refractivity contribution in [2.45, 2.75) is 13.0 Å². The number of hydrogen-bond acceptors (Lipinski definition) is 5. The molecule has 3 heterocycles. The first kappa shape index (κ1) is 12.7. The van der Waals surface area contributed by atoms with Crippen molar-refractivity contribution in [1.82, 2.24) is 9.97 Å². The monoisotopic (exact) mass is 319 g/mol. The highest BCUT2D eigenvalue weighted by Gasteiger charge is 2.36. The van der Waals surface area contributed by atoms with E-state index in [0.717, 1.165) is 34.2 Å². The average molecular weight is 319 g/mol. The van der Waals surface area contributed by atoms with Crippen LogP contribution in [0, 0.1) is 0 Å². The molecule has 0 radical (unpaired) electrons.